The number of para-hydroxylation sites is 1. The molecule has 0 fully saturated rings. The predicted octanol–water partition coefficient (Wildman–Crippen LogP) is 1.62. The summed E-state index contributed by atoms with van der Waals surface area (Å²) in [5, 5.41) is 11.4. The average molecular weight is 248 g/mol. The van der Waals surface area contributed by atoms with Gasteiger partial charge in [0.15, 0.2) is 0 Å². The summed E-state index contributed by atoms with van der Waals surface area (Å²) in [7, 11) is 0. The number of carbonyl (C=O) groups is 2. The van der Waals surface area contributed by atoms with Gasteiger partial charge in [0.2, 0.25) is 0 Å². The first-order valence-corrected chi connectivity index (χ1v) is 5.95. The largest absolute Gasteiger partial charge is 0.481 e. The number of benzene rings is 1. The number of amides is 2. The SMILES string of the molecule is CC(CC(=O)O)NC(=O)N1CCc2ccccc21. The van der Waals surface area contributed by atoms with Crippen LogP contribution in [0, 0.1) is 0 Å². The third-order valence-electron chi connectivity index (χ3n) is 2.98. The van der Waals surface area contributed by atoms with E-state index in [0.29, 0.717) is 6.54 Å². The maximum atomic E-state index is 12.0. The Balaban J connectivity index is 2.01. The standard InChI is InChI=1S/C13H16N2O3/c1-9(8-12(16)17)14-13(18)15-7-6-10-4-2-3-5-11(10)15/h2-5,9H,6-8H2,1H3,(H,14,18)(H,16,17). The van der Waals surface area contributed by atoms with Gasteiger partial charge in [0.05, 0.1) is 6.42 Å². The predicted molar refractivity (Wildman–Crippen MR) is 67.7 cm³/mol. The van der Waals surface area contributed by atoms with Gasteiger partial charge in [-0.1, -0.05) is 18.2 Å². The number of hydrogen-bond donors (Lipinski definition) is 2. The summed E-state index contributed by atoms with van der Waals surface area (Å²) in [5.74, 6) is -0.912. The first-order valence-electron chi connectivity index (χ1n) is 5.95. The van der Waals surface area contributed by atoms with Crippen LogP contribution in [0.1, 0.15) is 18.9 Å². The van der Waals surface area contributed by atoms with Crippen LogP contribution in [-0.4, -0.2) is 29.7 Å². The quantitative estimate of drug-likeness (QED) is 0.854. The molecular formula is C13H16N2O3. The first-order chi connectivity index (χ1) is 8.58. The molecule has 1 aromatic rings. The molecule has 0 radical (unpaired) electrons. The van der Waals surface area contributed by atoms with Gasteiger partial charge in [-0.15, -0.1) is 0 Å². The molecule has 2 N–H and O–H groups in total. The van der Waals surface area contributed by atoms with Crippen LogP contribution in [0.2, 0.25) is 0 Å². The van der Waals surface area contributed by atoms with Crippen molar-refractivity contribution in [1.82, 2.24) is 5.32 Å². The van der Waals surface area contributed by atoms with E-state index in [2.05, 4.69) is 5.32 Å². The third-order valence-corrected chi connectivity index (χ3v) is 2.98. The van der Waals surface area contributed by atoms with Gasteiger partial charge in [-0.2, -0.15) is 0 Å². The highest BCUT2D eigenvalue weighted by atomic mass is 16.4. The minimum absolute atomic E-state index is 0.0682. The summed E-state index contributed by atoms with van der Waals surface area (Å²) in [5.41, 5.74) is 2.07. The molecule has 1 aliphatic heterocycles. The molecule has 1 heterocycles. The Hall–Kier alpha value is -2.04. The minimum Gasteiger partial charge on any atom is -0.481 e. The molecule has 0 saturated heterocycles. The maximum Gasteiger partial charge on any atom is 0.322 e. The van der Waals surface area contributed by atoms with Gasteiger partial charge in [-0.25, -0.2) is 4.79 Å². The number of fused-ring (bicyclic) bond motifs is 1. The van der Waals surface area contributed by atoms with Crippen molar-refractivity contribution >= 4 is 17.7 Å². The van der Waals surface area contributed by atoms with Gasteiger partial charge in [0.1, 0.15) is 0 Å². The summed E-state index contributed by atoms with van der Waals surface area (Å²) in [6.07, 6.45) is 0.776. The molecule has 0 spiro atoms. The number of nitrogens with one attached hydrogen (secondary N) is 1. The molecular weight excluding hydrogens is 232 g/mol. The van der Waals surface area contributed by atoms with Crippen molar-refractivity contribution in [3.8, 4) is 0 Å². The smallest absolute Gasteiger partial charge is 0.322 e. The molecule has 0 aliphatic carbocycles. The second-order valence-electron chi connectivity index (χ2n) is 4.48. The van der Waals surface area contributed by atoms with Gasteiger partial charge in [-0.3, -0.25) is 9.69 Å². The van der Waals surface area contributed by atoms with E-state index in [1.807, 2.05) is 24.3 Å². The number of rotatable bonds is 3. The van der Waals surface area contributed by atoms with Gasteiger partial charge in [0.25, 0.3) is 0 Å². The van der Waals surface area contributed by atoms with E-state index in [1.54, 1.807) is 11.8 Å². The van der Waals surface area contributed by atoms with E-state index in [9.17, 15) is 9.59 Å². The number of carbonyl (C=O) groups excluding carboxylic acids is 1. The van der Waals surface area contributed by atoms with E-state index in [4.69, 9.17) is 5.11 Å². The van der Waals surface area contributed by atoms with Crippen molar-refractivity contribution in [2.75, 3.05) is 11.4 Å². The van der Waals surface area contributed by atoms with E-state index < -0.39 is 5.97 Å². The monoisotopic (exact) mass is 248 g/mol. The lowest BCUT2D eigenvalue weighted by atomic mass is 10.2. The van der Waals surface area contributed by atoms with Crippen LogP contribution < -0.4 is 10.2 Å². The van der Waals surface area contributed by atoms with E-state index >= 15 is 0 Å². The van der Waals surface area contributed by atoms with Crippen LogP contribution in [0.4, 0.5) is 10.5 Å². The highest BCUT2D eigenvalue weighted by molar-refractivity contribution is 5.94. The molecule has 5 nitrogen and oxygen atoms in total. The Kier molecular flexibility index (Phi) is 3.50. The Labute approximate surface area is 105 Å². The number of urea groups is 1. The second-order valence-corrected chi connectivity index (χ2v) is 4.48. The van der Waals surface area contributed by atoms with Crippen LogP contribution in [-0.2, 0) is 11.2 Å². The minimum atomic E-state index is -0.912. The Morgan fingerprint density at radius 3 is 2.89 bits per heavy atom. The van der Waals surface area contributed by atoms with Crippen molar-refractivity contribution < 1.29 is 14.7 Å². The van der Waals surface area contributed by atoms with Gasteiger partial charge in [0, 0.05) is 18.3 Å². The van der Waals surface area contributed by atoms with Crippen molar-refractivity contribution in [3.63, 3.8) is 0 Å². The Bertz CT molecular complexity index is 473. The fraction of sp³-hybridized carbons (Fsp3) is 0.385. The van der Waals surface area contributed by atoms with Crippen molar-refractivity contribution in [1.29, 1.82) is 0 Å². The number of carboxylic acids is 1. The van der Waals surface area contributed by atoms with Crippen molar-refractivity contribution in [2.24, 2.45) is 0 Å². The number of anilines is 1. The highest BCUT2D eigenvalue weighted by Gasteiger charge is 2.25. The summed E-state index contributed by atoms with van der Waals surface area (Å²) < 4.78 is 0. The van der Waals surface area contributed by atoms with Crippen LogP contribution in [0.3, 0.4) is 0 Å². The molecule has 96 valence electrons. The summed E-state index contributed by atoms with van der Waals surface area (Å²) in [4.78, 5) is 24.2. The van der Waals surface area contributed by atoms with Crippen molar-refractivity contribution in [3.05, 3.63) is 29.8 Å². The fourth-order valence-corrected chi connectivity index (χ4v) is 2.15. The lowest BCUT2D eigenvalue weighted by molar-refractivity contribution is -0.137. The first kappa shape index (κ1) is 12.4. The van der Waals surface area contributed by atoms with Gasteiger partial charge >= 0.3 is 12.0 Å². The molecule has 2 rings (SSSR count). The Morgan fingerprint density at radius 1 is 1.44 bits per heavy atom. The average Bonchev–Trinajstić information content (AvgIpc) is 2.71. The lowest BCUT2D eigenvalue weighted by Crippen LogP contribution is -2.43. The zero-order chi connectivity index (χ0) is 13.1. The van der Waals surface area contributed by atoms with Crippen LogP contribution >= 0.6 is 0 Å². The molecule has 1 atom stereocenters. The summed E-state index contributed by atoms with van der Waals surface area (Å²) >= 11 is 0. The van der Waals surface area contributed by atoms with Gasteiger partial charge in [-0.05, 0) is 25.0 Å². The summed E-state index contributed by atoms with van der Waals surface area (Å²) in [6, 6.07) is 7.15. The molecule has 0 saturated carbocycles. The molecule has 0 aromatic heterocycles. The molecule has 0 bridgehead atoms. The van der Waals surface area contributed by atoms with Crippen LogP contribution in [0.5, 0.6) is 0 Å². The normalized spacial score (nSPS) is 15.1. The van der Waals surface area contributed by atoms with Crippen molar-refractivity contribution in [2.45, 2.75) is 25.8 Å². The molecule has 18 heavy (non-hydrogen) atoms. The number of hydrogen-bond acceptors (Lipinski definition) is 2. The third kappa shape index (κ3) is 2.61. The fourth-order valence-electron chi connectivity index (χ4n) is 2.15. The molecule has 5 heteroatoms. The zero-order valence-electron chi connectivity index (χ0n) is 10.2. The van der Waals surface area contributed by atoms with Gasteiger partial charge < -0.3 is 10.4 Å². The highest BCUT2D eigenvalue weighted by Crippen LogP contribution is 2.27. The molecule has 1 aliphatic rings. The molecule has 1 aromatic carbocycles. The number of aliphatic carboxylic acids is 1. The van der Waals surface area contributed by atoms with E-state index in [1.165, 1.54) is 0 Å². The topological polar surface area (TPSA) is 69.6 Å². The molecule has 1 unspecified atom stereocenters. The Morgan fingerprint density at radius 2 is 2.17 bits per heavy atom. The lowest BCUT2D eigenvalue weighted by Gasteiger charge is -2.20. The second kappa shape index (κ2) is 5.08. The van der Waals surface area contributed by atoms with Crippen LogP contribution in [0.25, 0.3) is 0 Å². The number of nitrogens with zero attached hydrogens (tertiary/aromatic N) is 1. The molecule has 2 amide bonds. The summed E-state index contributed by atoms with van der Waals surface area (Å²) in [6.45, 7) is 2.33. The van der Waals surface area contributed by atoms with E-state index in [-0.39, 0.29) is 18.5 Å². The zero-order valence-corrected chi connectivity index (χ0v) is 10.2. The van der Waals surface area contributed by atoms with E-state index in [0.717, 1.165) is 17.7 Å². The van der Waals surface area contributed by atoms with Crippen LogP contribution in [0.15, 0.2) is 24.3 Å². The number of carboxylic acid groups (broad SMARTS) is 1. The maximum absolute atomic E-state index is 12.0.